The lowest BCUT2D eigenvalue weighted by Crippen LogP contribution is -2.87. The average molecular weight is 376 g/mol. The number of benzene rings is 2. The van der Waals surface area contributed by atoms with E-state index in [1.807, 2.05) is 47.1 Å². The Morgan fingerprint density at radius 2 is 1.96 bits per heavy atom. The quantitative estimate of drug-likeness (QED) is 0.675. The molecule has 0 aliphatic heterocycles. The summed E-state index contributed by atoms with van der Waals surface area (Å²) in [5, 5.41) is 6.85. The summed E-state index contributed by atoms with van der Waals surface area (Å²) >= 11 is 7.37. The molecule has 0 aliphatic rings. The highest BCUT2D eigenvalue weighted by molar-refractivity contribution is 7.10. The minimum atomic E-state index is -0.543. The molecule has 0 saturated heterocycles. The van der Waals surface area contributed by atoms with E-state index < -0.39 is 5.82 Å². The lowest BCUT2D eigenvalue weighted by Gasteiger charge is -2.15. The van der Waals surface area contributed by atoms with Crippen LogP contribution in [0.2, 0.25) is 5.02 Å². The summed E-state index contributed by atoms with van der Waals surface area (Å²) in [4.78, 5) is 13.4. The second kappa shape index (κ2) is 8.25. The summed E-state index contributed by atoms with van der Waals surface area (Å²) in [6.07, 6.45) is 0. The van der Waals surface area contributed by atoms with Crippen molar-refractivity contribution < 1.29 is 14.5 Å². The smallest absolute Gasteiger partial charge is 0.279 e. The van der Waals surface area contributed by atoms with Gasteiger partial charge in [-0.05, 0) is 29.6 Å². The third kappa shape index (κ3) is 4.66. The van der Waals surface area contributed by atoms with Gasteiger partial charge in [0.2, 0.25) is 0 Å². The molecular formula is C19H17ClFN2OS+. The molecule has 0 spiro atoms. The third-order valence-electron chi connectivity index (χ3n) is 3.75. The number of hydrogen-bond donors (Lipinski definition) is 2. The van der Waals surface area contributed by atoms with Crippen LogP contribution in [0, 0.1) is 5.82 Å². The van der Waals surface area contributed by atoms with Gasteiger partial charge < -0.3 is 10.6 Å². The molecular weight excluding hydrogens is 359 g/mol. The van der Waals surface area contributed by atoms with Gasteiger partial charge in [0.15, 0.2) is 6.54 Å². The molecule has 3 nitrogen and oxygen atoms in total. The SMILES string of the molecule is O=C(C[NH2+][C@@H](c1ccccc1)c1cccs1)Nc1ccc(Cl)cc1F. The van der Waals surface area contributed by atoms with Gasteiger partial charge >= 0.3 is 0 Å². The fraction of sp³-hybridized carbons (Fsp3) is 0.105. The van der Waals surface area contributed by atoms with Crippen molar-refractivity contribution in [1.82, 2.24) is 0 Å². The van der Waals surface area contributed by atoms with Crippen molar-refractivity contribution in [2.45, 2.75) is 6.04 Å². The molecule has 0 unspecified atom stereocenters. The van der Waals surface area contributed by atoms with Gasteiger partial charge in [0.1, 0.15) is 11.9 Å². The van der Waals surface area contributed by atoms with Crippen LogP contribution in [0.1, 0.15) is 16.5 Å². The van der Waals surface area contributed by atoms with Crippen molar-refractivity contribution in [3.8, 4) is 0 Å². The Balaban J connectivity index is 1.68. The van der Waals surface area contributed by atoms with Gasteiger partial charge in [-0.1, -0.05) is 48.0 Å². The summed E-state index contributed by atoms with van der Waals surface area (Å²) in [6.45, 7) is 0.180. The van der Waals surface area contributed by atoms with E-state index in [2.05, 4.69) is 11.4 Å². The Bertz CT molecular complexity index is 840. The van der Waals surface area contributed by atoms with E-state index in [4.69, 9.17) is 11.6 Å². The van der Waals surface area contributed by atoms with Crippen LogP contribution in [0.3, 0.4) is 0 Å². The third-order valence-corrected chi connectivity index (χ3v) is 4.94. The first-order valence-electron chi connectivity index (χ1n) is 7.80. The molecule has 1 aromatic heterocycles. The van der Waals surface area contributed by atoms with Crippen LogP contribution in [-0.2, 0) is 4.79 Å². The fourth-order valence-electron chi connectivity index (χ4n) is 2.56. The summed E-state index contributed by atoms with van der Waals surface area (Å²) in [6, 6.07) is 18.3. The average Bonchev–Trinajstić information content (AvgIpc) is 3.13. The fourth-order valence-corrected chi connectivity index (χ4v) is 3.57. The lowest BCUT2D eigenvalue weighted by atomic mass is 10.1. The Hall–Kier alpha value is -2.21. The number of carbonyl (C=O) groups excluding carboxylic acids is 1. The van der Waals surface area contributed by atoms with Crippen molar-refractivity contribution >= 4 is 34.5 Å². The summed E-state index contributed by atoms with van der Waals surface area (Å²) in [5.41, 5.74) is 1.26. The van der Waals surface area contributed by atoms with Crippen LogP contribution >= 0.6 is 22.9 Å². The topological polar surface area (TPSA) is 45.7 Å². The first kappa shape index (κ1) is 17.6. The maximum Gasteiger partial charge on any atom is 0.279 e. The number of rotatable bonds is 6. The number of quaternary nitrogens is 1. The molecule has 0 saturated carbocycles. The van der Waals surface area contributed by atoms with Gasteiger partial charge in [-0.3, -0.25) is 4.79 Å². The Morgan fingerprint density at radius 3 is 2.64 bits per heavy atom. The van der Waals surface area contributed by atoms with E-state index in [-0.39, 0.29) is 24.2 Å². The predicted octanol–water partition coefficient (Wildman–Crippen LogP) is 3.83. The molecule has 0 fully saturated rings. The molecule has 2 aromatic carbocycles. The van der Waals surface area contributed by atoms with E-state index in [1.54, 1.807) is 17.4 Å². The first-order valence-corrected chi connectivity index (χ1v) is 9.06. The second-order valence-corrected chi connectivity index (χ2v) is 6.93. The molecule has 0 radical (unpaired) electrons. The molecule has 3 rings (SSSR count). The maximum atomic E-state index is 13.8. The molecule has 3 aromatic rings. The summed E-state index contributed by atoms with van der Waals surface area (Å²) in [5.74, 6) is -0.808. The van der Waals surface area contributed by atoms with Gasteiger partial charge in [-0.15, -0.1) is 11.3 Å². The summed E-state index contributed by atoms with van der Waals surface area (Å²) in [7, 11) is 0. The van der Waals surface area contributed by atoms with E-state index in [0.717, 1.165) is 10.4 Å². The maximum absolute atomic E-state index is 13.8. The highest BCUT2D eigenvalue weighted by Crippen LogP contribution is 2.22. The monoisotopic (exact) mass is 375 g/mol. The van der Waals surface area contributed by atoms with Gasteiger partial charge in [0.25, 0.3) is 5.91 Å². The zero-order valence-corrected chi connectivity index (χ0v) is 14.9. The number of amides is 1. The molecule has 25 heavy (non-hydrogen) atoms. The van der Waals surface area contributed by atoms with Gasteiger partial charge in [-0.2, -0.15) is 0 Å². The zero-order chi connectivity index (χ0) is 17.6. The number of carbonyl (C=O) groups is 1. The van der Waals surface area contributed by atoms with Crippen molar-refractivity contribution in [2.75, 3.05) is 11.9 Å². The number of nitrogens with one attached hydrogen (secondary N) is 1. The molecule has 1 amide bonds. The predicted molar refractivity (Wildman–Crippen MR) is 99.4 cm³/mol. The Kier molecular flexibility index (Phi) is 5.81. The lowest BCUT2D eigenvalue weighted by molar-refractivity contribution is -0.675. The normalized spacial score (nSPS) is 11.9. The van der Waals surface area contributed by atoms with E-state index in [9.17, 15) is 9.18 Å². The van der Waals surface area contributed by atoms with Gasteiger partial charge in [0.05, 0.1) is 10.6 Å². The first-order chi connectivity index (χ1) is 12.1. The standard InChI is InChI=1S/C19H16ClFN2OS/c20-14-8-9-16(15(21)11-14)23-18(24)12-22-19(17-7-4-10-25-17)13-5-2-1-3-6-13/h1-11,19,22H,12H2,(H,23,24)/p+1/t19-/m0/s1. The number of hydrogen-bond acceptors (Lipinski definition) is 2. The largest absolute Gasteiger partial charge is 0.328 e. The number of anilines is 1. The molecule has 0 bridgehead atoms. The van der Waals surface area contributed by atoms with Crippen molar-refractivity contribution in [1.29, 1.82) is 0 Å². The minimum absolute atomic E-state index is 0.0296. The highest BCUT2D eigenvalue weighted by Gasteiger charge is 2.20. The van der Waals surface area contributed by atoms with Gasteiger partial charge in [0, 0.05) is 10.6 Å². The minimum Gasteiger partial charge on any atom is -0.328 e. The molecule has 128 valence electrons. The van der Waals surface area contributed by atoms with E-state index in [1.165, 1.54) is 12.1 Å². The van der Waals surface area contributed by atoms with E-state index in [0.29, 0.717) is 5.02 Å². The van der Waals surface area contributed by atoms with Gasteiger partial charge in [-0.25, -0.2) is 4.39 Å². The second-order valence-electron chi connectivity index (χ2n) is 5.52. The van der Waals surface area contributed by atoms with Crippen LogP contribution in [-0.4, -0.2) is 12.5 Å². The molecule has 1 atom stereocenters. The van der Waals surface area contributed by atoms with Crippen molar-refractivity contribution in [3.63, 3.8) is 0 Å². The van der Waals surface area contributed by atoms with Crippen LogP contribution in [0.5, 0.6) is 0 Å². The summed E-state index contributed by atoms with van der Waals surface area (Å²) < 4.78 is 13.8. The van der Waals surface area contributed by atoms with Crippen LogP contribution in [0.15, 0.2) is 66.0 Å². The zero-order valence-electron chi connectivity index (χ0n) is 13.3. The van der Waals surface area contributed by atoms with Crippen LogP contribution < -0.4 is 10.6 Å². The Morgan fingerprint density at radius 1 is 1.16 bits per heavy atom. The van der Waals surface area contributed by atoms with Crippen LogP contribution in [0.4, 0.5) is 10.1 Å². The van der Waals surface area contributed by atoms with Crippen LogP contribution in [0.25, 0.3) is 0 Å². The van der Waals surface area contributed by atoms with Crippen molar-refractivity contribution in [2.24, 2.45) is 0 Å². The molecule has 1 heterocycles. The number of halogens is 2. The Labute approximate surface area is 154 Å². The molecule has 0 aliphatic carbocycles. The van der Waals surface area contributed by atoms with Crippen molar-refractivity contribution in [3.05, 3.63) is 87.3 Å². The molecule has 3 N–H and O–H groups in total. The molecule has 6 heteroatoms. The van der Waals surface area contributed by atoms with E-state index >= 15 is 0 Å². The number of nitrogens with two attached hydrogens (primary N) is 1. The highest BCUT2D eigenvalue weighted by atomic mass is 35.5. The number of thiophene rings is 1.